The molecule has 0 bridgehead atoms. The lowest BCUT2D eigenvalue weighted by atomic mass is 9.88. The van der Waals surface area contributed by atoms with Crippen LogP contribution >= 0.6 is 0 Å². The van der Waals surface area contributed by atoms with E-state index < -0.39 is 16.2 Å². The number of carbonyl (C=O) groups is 1. The van der Waals surface area contributed by atoms with Gasteiger partial charge in [-0.25, -0.2) is 0 Å². The van der Waals surface area contributed by atoms with Gasteiger partial charge in [-0.3, -0.25) is 4.79 Å². The Labute approximate surface area is 137 Å². The fourth-order valence-electron chi connectivity index (χ4n) is 2.70. The molecule has 23 heavy (non-hydrogen) atoms. The first-order valence-electron chi connectivity index (χ1n) is 7.52. The van der Waals surface area contributed by atoms with Crippen LogP contribution in [0.5, 0.6) is 0 Å². The summed E-state index contributed by atoms with van der Waals surface area (Å²) in [6.07, 6.45) is 2.55. The number of ether oxygens (including phenoxy) is 1. The van der Waals surface area contributed by atoms with E-state index in [4.69, 9.17) is 5.73 Å². The number of hydrogen-bond acceptors (Lipinski definition) is 5. The number of rotatable bonds is 6. The molecule has 0 heterocycles. The first kappa shape index (κ1) is 17.7. The quantitative estimate of drug-likeness (QED) is 0.593. The summed E-state index contributed by atoms with van der Waals surface area (Å²) in [4.78, 5) is 11.2. The third kappa shape index (κ3) is 4.43. The molecule has 0 saturated heterocycles. The highest BCUT2D eigenvalue weighted by Gasteiger charge is 2.27. The summed E-state index contributed by atoms with van der Waals surface area (Å²) >= 11 is 0. The van der Waals surface area contributed by atoms with Crippen molar-refractivity contribution in [2.24, 2.45) is 0 Å². The Morgan fingerprint density at radius 1 is 1.48 bits per heavy atom. The molecule has 128 valence electrons. The second-order valence-corrected chi connectivity index (χ2v) is 7.48. The van der Waals surface area contributed by atoms with E-state index >= 15 is 0 Å². The van der Waals surface area contributed by atoms with E-state index in [1.807, 2.05) is 12.1 Å². The van der Waals surface area contributed by atoms with E-state index in [0.29, 0.717) is 5.69 Å². The van der Waals surface area contributed by atoms with Gasteiger partial charge >= 0.3 is 5.97 Å². The number of anilines is 1. The summed E-state index contributed by atoms with van der Waals surface area (Å²) in [5.74, 6) is -0.439. The van der Waals surface area contributed by atoms with Crippen molar-refractivity contribution in [2.45, 2.75) is 31.7 Å². The Morgan fingerprint density at radius 2 is 2.22 bits per heavy atom. The van der Waals surface area contributed by atoms with Gasteiger partial charge in [0.25, 0.3) is 10.2 Å². The topological polar surface area (TPSA) is 102 Å². The standard InChI is InChI=1S/C15H23N3O4S/c1-18(9-8-15(19)22-2)23(20,21)17-14-5-3-4-11-10-12(16)6-7-13(11)14/h6-7,10,14,17H,3-5,8-9,16H2,1-2H3. The number of esters is 1. The maximum Gasteiger partial charge on any atom is 0.306 e. The molecule has 1 aromatic rings. The predicted octanol–water partition coefficient (Wildman–Crippen LogP) is 0.976. The number of aryl methyl sites for hydroxylation is 1. The minimum Gasteiger partial charge on any atom is -0.469 e. The molecule has 1 atom stereocenters. The largest absolute Gasteiger partial charge is 0.469 e. The third-order valence-electron chi connectivity index (χ3n) is 4.04. The van der Waals surface area contributed by atoms with Gasteiger partial charge in [0.1, 0.15) is 0 Å². The number of nitrogen functional groups attached to an aromatic ring is 1. The lowest BCUT2D eigenvalue weighted by Gasteiger charge is -2.28. The highest BCUT2D eigenvalue weighted by Crippen LogP contribution is 2.31. The van der Waals surface area contributed by atoms with Crippen LogP contribution in [0.1, 0.15) is 36.4 Å². The maximum absolute atomic E-state index is 12.4. The van der Waals surface area contributed by atoms with Gasteiger partial charge in [-0.1, -0.05) is 6.07 Å². The molecule has 8 heteroatoms. The van der Waals surface area contributed by atoms with E-state index in [2.05, 4.69) is 9.46 Å². The van der Waals surface area contributed by atoms with Gasteiger partial charge in [-0.15, -0.1) is 0 Å². The zero-order valence-electron chi connectivity index (χ0n) is 13.4. The Bertz CT molecular complexity index is 675. The van der Waals surface area contributed by atoms with E-state index in [-0.39, 0.29) is 19.0 Å². The first-order chi connectivity index (χ1) is 10.8. The molecule has 0 aromatic heterocycles. The van der Waals surface area contributed by atoms with Gasteiger partial charge in [0.2, 0.25) is 0 Å². The summed E-state index contributed by atoms with van der Waals surface area (Å²) in [7, 11) is -0.952. The molecule has 2 rings (SSSR count). The lowest BCUT2D eigenvalue weighted by molar-refractivity contribution is -0.140. The van der Waals surface area contributed by atoms with Crippen molar-refractivity contribution in [3.8, 4) is 0 Å². The number of hydrogen-bond donors (Lipinski definition) is 2. The lowest BCUT2D eigenvalue weighted by Crippen LogP contribution is -2.41. The minimum absolute atomic E-state index is 0.0195. The number of nitrogens with one attached hydrogen (secondary N) is 1. The monoisotopic (exact) mass is 341 g/mol. The van der Waals surface area contributed by atoms with Gasteiger partial charge in [0, 0.05) is 25.3 Å². The van der Waals surface area contributed by atoms with Crippen molar-refractivity contribution in [2.75, 3.05) is 26.4 Å². The van der Waals surface area contributed by atoms with Crippen molar-refractivity contribution >= 4 is 21.9 Å². The summed E-state index contributed by atoms with van der Waals surface area (Å²) in [6.45, 7) is 0.0727. The predicted molar refractivity (Wildman–Crippen MR) is 87.9 cm³/mol. The van der Waals surface area contributed by atoms with Crippen LogP contribution in [0.15, 0.2) is 18.2 Å². The molecule has 1 aromatic carbocycles. The van der Waals surface area contributed by atoms with Crippen LogP contribution < -0.4 is 10.5 Å². The molecular formula is C15H23N3O4S. The van der Waals surface area contributed by atoms with Gasteiger partial charge in [-0.05, 0) is 42.5 Å². The van der Waals surface area contributed by atoms with E-state index in [1.54, 1.807) is 6.07 Å². The Hall–Kier alpha value is -1.64. The molecule has 0 spiro atoms. The van der Waals surface area contributed by atoms with Crippen molar-refractivity contribution < 1.29 is 17.9 Å². The van der Waals surface area contributed by atoms with Gasteiger partial charge < -0.3 is 10.5 Å². The molecule has 0 aliphatic heterocycles. The van der Waals surface area contributed by atoms with E-state index in [9.17, 15) is 13.2 Å². The highest BCUT2D eigenvalue weighted by atomic mass is 32.2. The second kappa shape index (κ2) is 7.29. The molecule has 1 aliphatic rings. The van der Waals surface area contributed by atoms with E-state index in [1.165, 1.54) is 14.2 Å². The van der Waals surface area contributed by atoms with Crippen molar-refractivity contribution in [3.63, 3.8) is 0 Å². The van der Waals surface area contributed by atoms with Gasteiger partial charge in [0.05, 0.1) is 13.5 Å². The van der Waals surface area contributed by atoms with Crippen LogP contribution in [0, 0.1) is 0 Å². The number of benzene rings is 1. The van der Waals surface area contributed by atoms with Crippen LogP contribution in [0.4, 0.5) is 5.69 Å². The number of nitrogens with zero attached hydrogens (tertiary/aromatic N) is 1. The first-order valence-corrected chi connectivity index (χ1v) is 8.96. The fourth-order valence-corrected chi connectivity index (χ4v) is 3.81. The van der Waals surface area contributed by atoms with Gasteiger partial charge in [0.15, 0.2) is 0 Å². The van der Waals surface area contributed by atoms with Crippen molar-refractivity contribution in [3.05, 3.63) is 29.3 Å². The Kier molecular flexibility index (Phi) is 5.61. The number of fused-ring (bicyclic) bond motifs is 1. The second-order valence-electron chi connectivity index (χ2n) is 5.67. The zero-order chi connectivity index (χ0) is 17.0. The number of carbonyl (C=O) groups excluding carboxylic acids is 1. The molecule has 3 N–H and O–H groups in total. The van der Waals surface area contributed by atoms with Crippen LogP contribution in [-0.2, 0) is 26.2 Å². The smallest absolute Gasteiger partial charge is 0.306 e. The van der Waals surface area contributed by atoms with Crippen LogP contribution in [0.25, 0.3) is 0 Å². The Morgan fingerprint density at radius 3 is 2.91 bits per heavy atom. The SMILES string of the molecule is COC(=O)CCN(C)S(=O)(=O)NC1CCCc2cc(N)ccc21. The molecular weight excluding hydrogens is 318 g/mol. The third-order valence-corrected chi connectivity index (χ3v) is 5.63. The van der Waals surface area contributed by atoms with Crippen molar-refractivity contribution in [1.29, 1.82) is 0 Å². The van der Waals surface area contributed by atoms with E-state index in [0.717, 1.165) is 34.7 Å². The number of nitrogens with two attached hydrogens (primary N) is 1. The summed E-state index contributed by atoms with van der Waals surface area (Å²) in [6, 6.07) is 5.29. The van der Waals surface area contributed by atoms with Crippen LogP contribution in [0.2, 0.25) is 0 Å². The highest BCUT2D eigenvalue weighted by molar-refractivity contribution is 7.87. The summed E-state index contributed by atoms with van der Waals surface area (Å²) in [5.41, 5.74) is 8.53. The fraction of sp³-hybridized carbons (Fsp3) is 0.533. The molecule has 0 saturated carbocycles. The van der Waals surface area contributed by atoms with Crippen molar-refractivity contribution in [1.82, 2.24) is 9.03 Å². The zero-order valence-corrected chi connectivity index (χ0v) is 14.2. The summed E-state index contributed by atoms with van der Waals surface area (Å²) < 4.78 is 33.2. The average molecular weight is 341 g/mol. The normalized spacial score (nSPS) is 17.8. The van der Waals surface area contributed by atoms with Crippen LogP contribution in [0.3, 0.4) is 0 Å². The number of methoxy groups -OCH3 is 1. The van der Waals surface area contributed by atoms with Gasteiger partial charge in [-0.2, -0.15) is 17.4 Å². The molecule has 7 nitrogen and oxygen atoms in total. The average Bonchev–Trinajstić information content (AvgIpc) is 2.51. The molecule has 0 radical (unpaired) electrons. The molecule has 0 amide bonds. The van der Waals surface area contributed by atoms with Crippen LogP contribution in [-0.4, -0.2) is 39.4 Å². The maximum atomic E-state index is 12.4. The molecule has 0 fully saturated rings. The Balaban J connectivity index is 2.08. The molecule has 1 unspecified atom stereocenters. The minimum atomic E-state index is -3.67. The summed E-state index contributed by atoms with van der Waals surface area (Å²) in [5, 5.41) is 0. The molecule has 1 aliphatic carbocycles.